The lowest BCUT2D eigenvalue weighted by Gasteiger charge is -2.35. The minimum absolute atomic E-state index is 0.123. The number of halogens is 2. The molecule has 1 saturated carbocycles. The molecule has 0 aliphatic heterocycles. The van der Waals surface area contributed by atoms with Crippen LogP contribution in [0.2, 0.25) is 5.02 Å². The van der Waals surface area contributed by atoms with Gasteiger partial charge in [-0.05, 0) is 53.6 Å². The van der Waals surface area contributed by atoms with Crippen molar-refractivity contribution in [2.45, 2.75) is 32.1 Å². The highest BCUT2D eigenvalue weighted by Crippen LogP contribution is 2.35. The number of carbonyl (C=O) groups is 1. The number of rotatable bonds is 4. The molecule has 1 aromatic rings. The molecule has 1 fully saturated rings. The zero-order valence-corrected chi connectivity index (χ0v) is 14.2. The minimum atomic E-state index is -0.138. The first kappa shape index (κ1) is 16.0. The highest BCUT2D eigenvalue weighted by Gasteiger charge is 2.31. The molecular weight excluding hydrogens is 389 g/mol. The maximum absolute atomic E-state index is 12.2. The van der Waals surface area contributed by atoms with Crippen LogP contribution in [0.15, 0.2) is 18.2 Å². The summed E-state index contributed by atoms with van der Waals surface area (Å²) >= 11 is 8.17. The van der Waals surface area contributed by atoms with Crippen molar-refractivity contribution in [3.05, 3.63) is 32.4 Å². The Kier molecular flexibility index (Phi) is 5.69. The summed E-state index contributed by atoms with van der Waals surface area (Å²) < 4.78 is 0.930. The van der Waals surface area contributed by atoms with E-state index in [1.165, 1.54) is 6.42 Å². The first-order chi connectivity index (χ1) is 9.56. The molecule has 1 aliphatic carbocycles. The molecule has 2 N–H and O–H groups in total. The number of aliphatic hydroxyl groups is 1. The van der Waals surface area contributed by atoms with E-state index in [2.05, 4.69) is 27.9 Å². The smallest absolute Gasteiger partial charge is 0.251 e. The van der Waals surface area contributed by atoms with E-state index in [-0.39, 0.29) is 17.9 Å². The van der Waals surface area contributed by atoms with Gasteiger partial charge in [0, 0.05) is 21.1 Å². The van der Waals surface area contributed by atoms with Crippen molar-refractivity contribution in [2.75, 3.05) is 13.2 Å². The highest BCUT2D eigenvalue weighted by atomic mass is 127. The summed E-state index contributed by atoms with van der Waals surface area (Å²) in [5.41, 5.74) is 0.431. The molecule has 0 unspecified atom stereocenters. The quantitative estimate of drug-likeness (QED) is 0.749. The van der Waals surface area contributed by atoms with Crippen LogP contribution in [0.4, 0.5) is 0 Å². The Morgan fingerprint density at radius 1 is 1.35 bits per heavy atom. The SMILES string of the molecule is O=C(NCC1(CO)CCCCC1)c1ccc(I)c(Cl)c1. The van der Waals surface area contributed by atoms with Crippen molar-refractivity contribution in [3.8, 4) is 0 Å². The summed E-state index contributed by atoms with van der Waals surface area (Å²) in [6, 6.07) is 5.29. The molecule has 0 radical (unpaired) electrons. The Labute approximate surface area is 138 Å². The predicted octanol–water partition coefficient (Wildman–Crippen LogP) is 3.62. The molecule has 110 valence electrons. The second kappa shape index (κ2) is 7.09. The van der Waals surface area contributed by atoms with Crippen LogP contribution in [0.5, 0.6) is 0 Å². The Morgan fingerprint density at radius 2 is 2.05 bits per heavy atom. The van der Waals surface area contributed by atoms with Gasteiger partial charge in [-0.15, -0.1) is 0 Å². The molecule has 1 aromatic carbocycles. The fraction of sp³-hybridized carbons (Fsp3) is 0.533. The van der Waals surface area contributed by atoms with Crippen molar-refractivity contribution < 1.29 is 9.90 Å². The Hall–Kier alpha value is -0.330. The van der Waals surface area contributed by atoms with Gasteiger partial charge in [-0.25, -0.2) is 0 Å². The normalized spacial score (nSPS) is 17.8. The van der Waals surface area contributed by atoms with E-state index in [0.29, 0.717) is 17.1 Å². The molecule has 0 heterocycles. The topological polar surface area (TPSA) is 49.3 Å². The van der Waals surface area contributed by atoms with E-state index in [1.807, 2.05) is 6.07 Å². The summed E-state index contributed by atoms with van der Waals surface area (Å²) in [6.07, 6.45) is 5.45. The number of hydrogen-bond acceptors (Lipinski definition) is 2. The van der Waals surface area contributed by atoms with Crippen LogP contribution in [0, 0.1) is 8.99 Å². The predicted molar refractivity (Wildman–Crippen MR) is 89.1 cm³/mol. The Balaban J connectivity index is 1.98. The van der Waals surface area contributed by atoms with Crippen molar-refractivity contribution in [2.24, 2.45) is 5.41 Å². The van der Waals surface area contributed by atoms with E-state index < -0.39 is 0 Å². The first-order valence-electron chi connectivity index (χ1n) is 6.90. The number of benzene rings is 1. The number of nitrogens with one attached hydrogen (secondary N) is 1. The number of hydrogen-bond donors (Lipinski definition) is 2. The third-order valence-corrected chi connectivity index (χ3v) is 5.63. The summed E-state index contributed by atoms with van der Waals surface area (Å²) in [6.45, 7) is 0.673. The van der Waals surface area contributed by atoms with Crippen LogP contribution in [0.3, 0.4) is 0 Å². The van der Waals surface area contributed by atoms with Gasteiger partial charge in [0.2, 0.25) is 0 Å². The lowest BCUT2D eigenvalue weighted by Crippen LogP contribution is -2.41. The molecule has 0 atom stereocenters. The van der Waals surface area contributed by atoms with Gasteiger partial charge < -0.3 is 10.4 Å². The maximum atomic E-state index is 12.2. The second-order valence-electron chi connectivity index (χ2n) is 5.53. The molecule has 1 aliphatic rings. The van der Waals surface area contributed by atoms with Crippen molar-refractivity contribution in [1.29, 1.82) is 0 Å². The van der Waals surface area contributed by atoms with Crippen LogP contribution in [-0.2, 0) is 0 Å². The average molecular weight is 408 g/mol. The van der Waals surface area contributed by atoms with Gasteiger partial charge in [0.15, 0.2) is 0 Å². The zero-order valence-electron chi connectivity index (χ0n) is 11.3. The van der Waals surface area contributed by atoms with Crippen molar-refractivity contribution >= 4 is 40.1 Å². The fourth-order valence-electron chi connectivity index (χ4n) is 2.70. The number of carbonyl (C=O) groups excluding carboxylic acids is 1. The highest BCUT2D eigenvalue weighted by molar-refractivity contribution is 14.1. The largest absolute Gasteiger partial charge is 0.396 e. The van der Waals surface area contributed by atoms with E-state index in [9.17, 15) is 9.90 Å². The van der Waals surface area contributed by atoms with Gasteiger partial charge in [0.05, 0.1) is 11.6 Å². The standard InChI is InChI=1S/C15H19ClINO2/c16-12-8-11(4-5-13(12)17)14(20)18-9-15(10-19)6-2-1-3-7-15/h4-5,8,19H,1-3,6-7,9-10H2,(H,18,20). The fourth-order valence-corrected chi connectivity index (χ4v) is 3.22. The Morgan fingerprint density at radius 3 is 2.65 bits per heavy atom. The lowest BCUT2D eigenvalue weighted by molar-refractivity contribution is 0.0718. The van der Waals surface area contributed by atoms with E-state index in [1.54, 1.807) is 12.1 Å². The van der Waals surface area contributed by atoms with Crippen molar-refractivity contribution in [3.63, 3.8) is 0 Å². The lowest BCUT2D eigenvalue weighted by atomic mass is 9.74. The van der Waals surface area contributed by atoms with Gasteiger partial charge in [0.1, 0.15) is 0 Å². The molecule has 20 heavy (non-hydrogen) atoms. The van der Waals surface area contributed by atoms with E-state index in [4.69, 9.17) is 11.6 Å². The molecular formula is C15H19ClINO2. The summed E-state index contributed by atoms with van der Waals surface area (Å²) in [4.78, 5) is 12.2. The number of amides is 1. The van der Waals surface area contributed by atoms with Crippen LogP contribution < -0.4 is 5.32 Å². The van der Waals surface area contributed by atoms with Gasteiger partial charge in [-0.2, -0.15) is 0 Å². The average Bonchev–Trinajstić information content (AvgIpc) is 2.48. The zero-order chi connectivity index (χ0) is 14.6. The van der Waals surface area contributed by atoms with Crippen molar-refractivity contribution in [1.82, 2.24) is 5.32 Å². The number of aliphatic hydroxyl groups excluding tert-OH is 1. The van der Waals surface area contributed by atoms with E-state index in [0.717, 1.165) is 29.3 Å². The summed E-state index contributed by atoms with van der Waals surface area (Å²) in [5, 5.41) is 13.2. The third kappa shape index (κ3) is 3.86. The molecule has 2 rings (SSSR count). The van der Waals surface area contributed by atoms with E-state index >= 15 is 0 Å². The van der Waals surface area contributed by atoms with Crippen LogP contribution >= 0.6 is 34.2 Å². The first-order valence-corrected chi connectivity index (χ1v) is 8.36. The summed E-state index contributed by atoms with van der Waals surface area (Å²) in [5.74, 6) is -0.123. The second-order valence-corrected chi connectivity index (χ2v) is 7.10. The maximum Gasteiger partial charge on any atom is 0.251 e. The van der Waals surface area contributed by atoms with Crippen LogP contribution in [0.1, 0.15) is 42.5 Å². The molecule has 0 bridgehead atoms. The van der Waals surface area contributed by atoms with Gasteiger partial charge in [-0.3, -0.25) is 4.79 Å². The van der Waals surface area contributed by atoms with Gasteiger partial charge in [0.25, 0.3) is 5.91 Å². The van der Waals surface area contributed by atoms with Crippen LogP contribution in [-0.4, -0.2) is 24.2 Å². The summed E-state index contributed by atoms with van der Waals surface area (Å²) in [7, 11) is 0. The Bertz CT molecular complexity index is 487. The third-order valence-electron chi connectivity index (χ3n) is 4.06. The van der Waals surface area contributed by atoms with Gasteiger partial charge >= 0.3 is 0 Å². The monoisotopic (exact) mass is 407 g/mol. The molecule has 0 spiro atoms. The minimum Gasteiger partial charge on any atom is -0.396 e. The molecule has 5 heteroatoms. The molecule has 0 saturated heterocycles. The van der Waals surface area contributed by atoms with Crippen LogP contribution in [0.25, 0.3) is 0 Å². The molecule has 0 aromatic heterocycles. The molecule has 1 amide bonds. The molecule has 3 nitrogen and oxygen atoms in total. The van der Waals surface area contributed by atoms with Gasteiger partial charge in [-0.1, -0.05) is 30.9 Å².